The quantitative estimate of drug-likeness (QED) is 0.322. The predicted molar refractivity (Wildman–Crippen MR) is 126 cm³/mol. The number of rotatable bonds is 7. The van der Waals surface area contributed by atoms with Gasteiger partial charge in [-0.25, -0.2) is 9.00 Å². The minimum atomic E-state index is -1.76. The first kappa shape index (κ1) is 23.9. The number of fused-ring (bicyclic) bond motifs is 1. The molecular weight excluding hydrogens is 502 g/mol. The molecule has 1 saturated heterocycles. The molecule has 2 aromatic rings. The lowest BCUT2D eigenvalue weighted by molar-refractivity contribution is -0.384. The zero-order valence-corrected chi connectivity index (χ0v) is 19.9. The van der Waals surface area contributed by atoms with E-state index in [-0.39, 0.29) is 27.8 Å². The summed E-state index contributed by atoms with van der Waals surface area (Å²) in [4.78, 5) is 49.5. The van der Waals surface area contributed by atoms with Gasteiger partial charge in [0.2, 0.25) is 11.8 Å². The number of benzene rings is 1. The van der Waals surface area contributed by atoms with Gasteiger partial charge in [-0.05, 0) is 29.7 Å². The number of nitrogens with zero attached hydrogens (tertiary/aromatic N) is 2. The lowest BCUT2D eigenvalue weighted by Gasteiger charge is -2.51. The number of hydrogen-bond donors (Lipinski definition) is 2. The number of carbonyl (C=O) groups is 3. The molecule has 0 aliphatic carbocycles. The number of carboxylic acids is 1. The van der Waals surface area contributed by atoms with Gasteiger partial charge in [-0.1, -0.05) is 6.07 Å². The summed E-state index contributed by atoms with van der Waals surface area (Å²) in [7, 11) is -1.76. The average molecular weight is 520 g/mol. The van der Waals surface area contributed by atoms with Crippen LogP contribution in [0.2, 0.25) is 0 Å². The van der Waals surface area contributed by atoms with Crippen molar-refractivity contribution >= 4 is 57.4 Å². The van der Waals surface area contributed by atoms with Crippen molar-refractivity contribution < 1.29 is 28.6 Å². The minimum absolute atomic E-state index is 0.122. The van der Waals surface area contributed by atoms with Gasteiger partial charge in [0.05, 0.1) is 15.7 Å². The van der Waals surface area contributed by atoms with Crippen LogP contribution in [-0.2, 0) is 25.2 Å². The largest absolute Gasteiger partial charge is 0.477 e. The maximum Gasteiger partial charge on any atom is 0.353 e. The van der Waals surface area contributed by atoms with E-state index in [0.717, 1.165) is 4.88 Å². The van der Waals surface area contributed by atoms with E-state index in [1.807, 2.05) is 17.5 Å². The number of hydrogen-bond acceptors (Lipinski definition) is 8. The van der Waals surface area contributed by atoms with E-state index in [2.05, 4.69) is 5.32 Å². The maximum absolute atomic E-state index is 12.9. The van der Waals surface area contributed by atoms with Crippen molar-refractivity contribution in [3.63, 3.8) is 0 Å². The SMILES string of the molecule is CC(=O)NC1S[C@@H]2C(c3cccs3)C(=O)N2C(C(=O)O)=C1C=CS(=O)c1ccc([N+](=O)[O-])cc1. The standard InChI is InChI=1S/C21H17N3O7S3/c1-11(25)22-18-14(8-10-34(31)13-6-4-12(5-7-13)24(29)30)17(21(27)28)23-19(26)16(20(23)33-18)15-3-2-9-32-15/h2-10,16,18,20H,1H3,(H,22,25)(H,27,28)/t16?,18?,20-,34?/m1/s1. The average Bonchev–Trinajstić information content (AvgIpc) is 3.30. The molecule has 3 heterocycles. The predicted octanol–water partition coefficient (Wildman–Crippen LogP) is 2.78. The molecule has 1 aromatic carbocycles. The second-order valence-corrected chi connectivity index (χ2v) is 10.8. The Morgan fingerprint density at radius 2 is 1.97 bits per heavy atom. The molecule has 0 spiro atoms. The fourth-order valence-corrected chi connectivity index (χ4v) is 7.02. The van der Waals surface area contributed by atoms with Crippen molar-refractivity contribution in [1.29, 1.82) is 0 Å². The van der Waals surface area contributed by atoms with Crippen LogP contribution in [0.4, 0.5) is 5.69 Å². The highest BCUT2D eigenvalue weighted by molar-refractivity contribution is 8.00. The Kier molecular flexibility index (Phi) is 6.68. The number of amides is 2. The molecule has 2 N–H and O–H groups in total. The third-order valence-corrected chi connectivity index (χ3v) is 8.63. The molecule has 176 valence electrons. The first-order valence-electron chi connectivity index (χ1n) is 9.78. The van der Waals surface area contributed by atoms with Gasteiger partial charge in [-0.3, -0.25) is 24.6 Å². The maximum atomic E-state index is 12.9. The molecule has 2 amide bonds. The van der Waals surface area contributed by atoms with E-state index in [1.165, 1.54) is 70.7 Å². The van der Waals surface area contributed by atoms with Gasteiger partial charge in [0.15, 0.2) is 0 Å². The first-order chi connectivity index (χ1) is 16.2. The molecule has 2 aliphatic heterocycles. The van der Waals surface area contributed by atoms with E-state index in [1.54, 1.807) is 0 Å². The molecule has 10 nitrogen and oxygen atoms in total. The highest BCUT2D eigenvalue weighted by atomic mass is 32.2. The van der Waals surface area contributed by atoms with E-state index in [0.29, 0.717) is 0 Å². The third-order valence-electron chi connectivity index (χ3n) is 5.15. The van der Waals surface area contributed by atoms with E-state index in [9.17, 15) is 33.8 Å². The highest BCUT2D eigenvalue weighted by Crippen LogP contribution is 2.51. The highest BCUT2D eigenvalue weighted by Gasteiger charge is 2.56. The summed E-state index contributed by atoms with van der Waals surface area (Å²) in [5.74, 6) is -2.62. The molecular formula is C21H17N3O7S3. The zero-order chi connectivity index (χ0) is 24.6. The second-order valence-electron chi connectivity index (χ2n) is 7.27. The summed E-state index contributed by atoms with van der Waals surface area (Å²) in [5.41, 5.74) is -0.313. The van der Waals surface area contributed by atoms with Crippen LogP contribution in [-0.4, -0.2) is 47.7 Å². The first-order valence-corrected chi connectivity index (χ1v) is 12.8. The van der Waals surface area contributed by atoms with Gasteiger partial charge in [-0.15, -0.1) is 23.1 Å². The Morgan fingerprint density at radius 1 is 1.26 bits per heavy atom. The van der Waals surface area contributed by atoms with Gasteiger partial charge in [0, 0.05) is 39.8 Å². The fraction of sp³-hybridized carbons (Fsp3) is 0.190. The molecule has 0 radical (unpaired) electrons. The topological polar surface area (TPSA) is 147 Å². The van der Waals surface area contributed by atoms with Crippen molar-refractivity contribution in [3.8, 4) is 0 Å². The number of nitrogens with one attached hydrogen (secondary N) is 1. The van der Waals surface area contributed by atoms with Gasteiger partial charge in [0.1, 0.15) is 22.4 Å². The van der Waals surface area contributed by atoms with Crippen molar-refractivity contribution in [2.24, 2.45) is 0 Å². The summed E-state index contributed by atoms with van der Waals surface area (Å²) in [6.07, 6.45) is 1.32. The van der Waals surface area contributed by atoms with Crippen LogP contribution in [0.1, 0.15) is 17.7 Å². The number of nitro benzene ring substituents is 1. The van der Waals surface area contributed by atoms with E-state index < -0.39 is 44.3 Å². The Hall–Kier alpha value is -3.29. The number of nitro groups is 1. The number of thiophene rings is 1. The van der Waals surface area contributed by atoms with Crippen LogP contribution in [0.3, 0.4) is 0 Å². The Morgan fingerprint density at radius 3 is 2.53 bits per heavy atom. The minimum Gasteiger partial charge on any atom is -0.477 e. The van der Waals surface area contributed by atoms with Gasteiger partial charge >= 0.3 is 5.97 Å². The molecule has 1 aromatic heterocycles. The number of β-lactam (4-membered cyclic amide) rings is 1. The van der Waals surface area contributed by atoms with Gasteiger partial charge < -0.3 is 10.4 Å². The van der Waals surface area contributed by atoms with Crippen molar-refractivity contribution in [3.05, 3.63) is 79.5 Å². The Labute approximate surface area is 203 Å². The van der Waals surface area contributed by atoms with Crippen LogP contribution >= 0.6 is 23.1 Å². The van der Waals surface area contributed by atoms with E-state index >= 15 is 0 Å². The van der Waals surface area contributed by atoms with Gasteiger partial charge in [-0.2, -0.15) is 0 Å². The zero-order valence-electron chi connectivity index (χ0n) is 17.4. The molecule has 1 fully saturated rings. The number of thioether (sulfide) groups is 1. The van der Waals surface area contributed by atoms with Crippen molar-refractivity contribution in [1.82, 2.24) is 10.2 Å². The van der Waals surface area contributed by atoms with Crippen LogP contribution in [0.15, 0.2) is 69.4 Å². The fourth-order valence-electron chi connectivity index (χ4n) is 3.65. The Balaban J connectivity index is 1.69. The summed E-state index contributed by atoms with van der Waals surface area (Å²) >= 11 is 2.63. The summed E-state index contributed by atoms with van der Waals surface area (Å²) in [5, 5.41) is 25.2. The molecule has 4 rings (SSSR count). The monoisotopic (exact) mass is 519 g/mol. The van der Waals surface area contributed by atoms with Crippen LogP contribution in [0, 0.1) is 10.1 Å². The summed E-state index contributed by atoms with van der Waals surface area (Å²) in [6.45, 7) is 1.30. The molecule has 34 heavy (non-hydrogen) atoms. The number of carbonyl (C=O) groups excluding carboxylic acids is 2. The molecule has 3 unspecified atom stereocenters. The number of carboxylic acid groups (broad SMARTS) is 1. The third kappa shape index (κ3) is 4.41. The summed E-state index contributed by atoms with van der Waals surface area (Å²) in [6, 6.07) is 8.73. The van der Waals surface area contributed by atoms with Crippen molar-refractivity contribution in [2.75, 3.05) is 0 Å². The normalized spacial score (nSPS) is 22.8. The second kappa shape index (κ2) is 9.52. The molecule has 0 saturated carbocycles. The Bertz CT molecular complexity index is 1250. The molecule has 13 heteroatoms. The number of non-ortho nitro benzene ring substituents is 1. The molecule has 0 bridgehead atoms. The lowest BCUT2D eigenvalue weighted by Crippen LogP contribution is -2.61. The van der Waals surface area contributed by atoms with Gasteiger partial charge in [0.25, 0.3) is 5.69 Å². The summed E-state index contributed by atoms with van der Waals surface area (Å²) < 4.78 is 12.7. The van der Waals surface area contributed by atoms with E-state index in [4.69, 9.17) is 0 Å². The van der Waals surface area contributed by atoms with Crippen LogP contribution in [0.5, 0.6) is 0 Å². The lowest BCUT2D eigenvalue weighted by atomic mass is 9.93. The number of aliphatic carboxylic acids is 1. The van der Waals surface area contributed by atoms with Crippen LogP contribution in [0.25, 0.3) is 0 Å². The van der Waals surface area contributed by atoms with Crippen LogP contribution < -0.4 is 5.32 Å². The molecule has 4 atom stereocenters. The smallest absolute Gasteiger partial charge is 0.353 e. The van der Waals surface area contributed by atoms with Crippen molar-refractivity contribution in [2.45, 2.75) is 28.5 Å². The molecule has 2 aliphatic rings.